The highest BCUT2D eigenvalue weighted by Crippen LogP contribution is 2.06. The standard InChI is InChI=1S/C10H13N3O3S.C10H15N3O2S.C3H6O/c1-13(11-8-14)10(12-17(2,15)16)9-6-4-3-5-7-9;1-11-13(2)10(12-16(3,14)15)9-7-5-4-6-8-9;1-2-3-4/h3-8H,1-2H3,(H,11,14);4-8,11H,1-3H3;3H,2H2,1H3/b12-10-;12-10+;. The van der Waals surface area contributed by atoms with E-state index in [1.807, 2.05) is 25.1 Å². The molecule has 12 nitrogen and oxygen atoms in total. The zero-order chi connectivity index (χ0) is 28.5. The van der Waals surface area contributed by atoms with Gasteiger partial charge in [-0.15, -0.1) is 8.80 Å². The molecular formula is C23H34N6O6S2. The maximum absolute atomic E-state index is 11.2. The van der Waals surface area contributed by atoms with Crippen molar-refractivity contribution in [1.82, 2.24) is 20.9 Å². The Hall–Kier alpha value is -3.62. The number of aldehydes is 1. The first-order valence-electron chi connectivity index (χ1n) is 10.8. The molecule has 0 unspecified atom stereocenters. The van der Waals surface area contributed by atoms with E-state index in [1.165, 1.54) is 12.1 Å². The summed E-state index contributed by atoms with van der Waals surface area (Å²) in [6, 6.07) is 17.8. The fourth-order valence-corrected chi connectivity index (χ4v) is 3.43. The minimum absolute atomic E-state index is 0.153. The second-order valence-corrected chi connectivity index (χ2v) is 10.5. The molecule has 0 bridgehead atoms. The van der Waals surface area contributed by atoms with Crippen molar-refractivity contribution in [3.8, 4) is 0 Å². The van der Waals surface area contributed by atoms with E-state index in [4.69, 9.17) is 0 Å². The van der Waals surface area contributed by atoms with Crippen LogP contribution in [0.1, 0.15) is 24.5 Å². The van der Waals surface area contributed by atoms with Gasteiger partial charge in [-0.25, -0.2) is 22.3 Å². The summed E-state index contributed by atoms with van der Waals surface area (Å²) in [5, 5.41) is 2.79. The number of nitrogens with zero attached hydrogens (tertiary/aromatic N) is 4. The fraction of sp³-hybridized carbons (Fsp3) is 0.304. The number of amidine groups is 2. The molecule has 0 atom stereocenters. The van der Waals surface area contributed by atoms with E-state index < -0.39 is 20.0 Å². The Morgan fingerprint density at radius 2 is 1.14 bits per heavy atom. The summed E-state index contributed by atoms with van der Waals surface area (Å²) >= 11 is 0. The van der Waals surface area contributed by atoms with Gasteiger partial charge in [0.1, 0.15) is 6.29 Å². The fourth-order valence-electron chi connectivity index (χ4n) is 2.35. The quantitative estimate of drug-likeness (QED) is 0.210. The molecule has 0 saturated heterocycles. The molecule has 0 saturated carbocycles. The highest BCUT2D eigenvalue weighted by Gasteiger charge is 2.12. The topological polar surface area (TPSA) is 158 Å². The second kappa shape index (κ2) is 16.9. The van der Waals surface area contributed by atoms with Gasteiger partial charge in [0.05, 0.1) is 12.5 Å². The molecule has 0 fully saturated rings. The van der Waals surface area contributed by atoms with Crippen molar-refractivity contribution in [3.05, 3.63) is 71.8 Å². The lowest BCUT2D eigenvalue weighted by Crippen LogP contribution is -2.39. The Kier molecular flexibility index (Phi) is 15.3. The minimum atomic E-state index is -3.54. The van der Waals surface area contributed by atoms with Crippen molar-refractivity contribution in [2.75, 3.05) is 33.7 Å². The van der Waals surface area contributed by atoms with Crippen molar-refractivity contribution < 1.29 is 26.4 Å². The Morgan fingerprint density at radius 1 is 0.784 bits per heavy atom. The van der Waals surface area contributed by atoms with Crippen LogP contribution in [-0.4, -0.2) is 84.9 Å². The average Bonchev–Trinajstić information content (AvgIpc) is 2.86. The van der Waals surface area contributed by atoms with Crippen molar-refractivity contribution >= 4 is 44.4 Å². The Bertz CT molecular complexity index is 1240. The lowest BCUT2D eigenvalue weighted by Gasteiger charge is -2.19. The summed E-state index contributed by atoms with van der Waals surface area (Å²) in [7, 11) is -2.06. The van der Waals surface area contributed by atoms with Gasteiger partial charge in [0.15, 0.2) is 11.7 Å². The Balaban J connectivity index is 0.000000613. The predicted molar refractivity (Wildman–Crippen MR) is 146 cm³/mol. The van der Waals surface area contributed by atoms with E-state index >= 15 is 0 Å². The third-order valence-electron chi connectivity index (χ3n) is 3.95. The molecule has 0 radical (unpaired) electrons. The Labute approximate surface area is 219 Å². The average molecular weight is 555 g/mol. The van der Waals surface area contributed by atoms with E-state index in [2.05, 4.69) is 19.6 Å². The number of carbonyl (C=O) groups is 2. The van der Waals surface area contributed by atoms with Crippen molar-refractivity contribution in [2.24, 2.45) is 8.80 Å². The highest BCUT2D eigenvalue weighted by molar-refractivity contribution is 7.89. The maximum Gasteiger partial charge on any atom is 0.252 e. The molecule has 0 aliphatic carbocycles. The number of sulfonamides is 2. The number of hydrazine groups is 2. The number of nitrogens with one attached hydrogen (secondary N) is 2. The van der Waals surface area contributed by atoms with Gasteiger partial charge < -0.3 is 4.79 Å². The predicted octanol–water partition coefficient (Wildman–Crippen LogP) is 1.04. The molecule has 2 aromatic carbocycles. The summed E-state index contributed by atoms with van der Waals surface area (Å²) in [5.74, 6) is 0.519. The summed E-state index contributed by atoms with van der Waals surface area (Å²) in [5.41, 5.74) is 6.48. The summed E-state index contributed by atoms with van der Waals surface area (Å²) in [4.78, 5) is 19.5. The molecule has 0 aliphatic heterocycles. The molecule has 0 aliphatic rings. The van der Waals surface area contributed by atoms with Crippen molar-refractivity contribution in [3.63, 3.8) is 0 Å². The molecular weight excluding hydrogens is 520 g/mol. The third-order valence-corrected chi connectivity index (χ3v) is 4.96. The van der Waals surface area contributed by atoms with Crippen LogP contribution in [-0.2, 0) is 29.6 Å². The van der Waals surface area contributed by atoms with E-state index in [9.17, 15) is 26.4 Å². The van der Waals surface area contributed by atoms with E-state index in [-0.39, 0.29) is 5.84 Å². The number of hydrogen-bond acceptors (Lipinski definition) is 7. The van der Waals surface area contributed by atoms with Crippen LogP contribution in [0.2, 0.25) is 0 Å². The molecule has 2 N–H and O–H groups in total. The zero-order valence-electron chi connectivity index (χ0n) is 21.7. The monoisotopic (exact) mass is 554 g/mol. The lowest BCUT2D eigenvalue weighted by atomic mass is 10.2. The molecule has 0 aromatic heterocycles. The van der Waals surface area contributed by atoms with Gasteiger partial charge in [0, 0.05) is 38.7 Å². The van der Waals surface area contributed by atoms with Gasteiger partial charge >= 0.3 is 0 Å². The van der Waals surface area contributed by atoms with E-state index in [1.54, 1.807) is 61.6 Å². The van der Waals surface area contributed by atoms with Crippen LogP contribution in [0.25, 0.3) is 0 Å². The number of hydrogen-bond donors (Lipinski definition) is 2. The van der Waals surface area contributed by atoms with Crippen LogP contribution >= 0.6 is 0 Å². The molecule has 2 rings (SSSR count). The first kappa shape index (κ1) is 33.4. The maximum atomic E-state index is 11.2. The SMILES string of the molecule is CCC=O.CN(NC=O)/C(=N\S(C)(=O)=O)c1ccccc1.CNN(C)/C(=N/S(C)(=O)=O)c1ccccc1. The number of amides is 1. The van der Waals surface area contributed by atoms with Gasteiger partial charge in [-0.3, -0.25) is 20.2 Å². The van der Waals surface area contributed by atoms with Gasteiger partial charge in [0.25, 0.3) is 20.0 Å². The van der Waals surface area contributed by atoms with E-state index in [0.29, 0.717) is 24.2 Å². The van der Waals surface area contributed by atoms with Crippen LogP contribution < -0.4 is 10.9 Å². The van der Waals surface area contributed by atoms with Gasteiger partial charge in [0.2, 0.25) is 6.41 Å². The molecule has 0 spiro atoms. The van der Waals surface area contributed by atoms with Gasteiger partial charge in [-0.2, -0.15) is 0 Å². The first-order chi connectivity index (χ1) is 17.3. The third kappa shape index (κ3) is 15.2. The van der Waals surface area contributed by atoms with Crippen molar-refractivity contribution in [2.45, 2.75) is 13.3 Å². The van der Waals surface area contributed by atoms with Crippen LogP contribution in [0.3, 0.4) is 0 Å². The molecule has 14 heteroatoms. The van der Waals surface area contributed by atoms with Gasteiger partial charge in [-0.1, -0.05) is 67.6 Å². The van der Waals surface area contributed by atoms with Gasteiger partial charge in [-0.05, 0) is 0 Å². The highest BCUT2D eigenvalue weighted by atomic mass is 32.2. The number of carbonyl (C=O) groups excluding carboxylic acids is 2. The molecule has 37 heavy (non-hydrogen) atoms. The summed E-state index contributed by atoms with van der Waals surface area (Å²) in [6.07, 6.45) is 4.02. The minimum Gasteiger partial charge on any atom is -0.303 e. The normalized spacial score (nSPS) is 11.6. The number of benzene rings is 2. The number of rotatable bonds is 8. The largest absolute Gasteiger partial charge is 0.303 e. The molecule has 204 valence electrons. The van der Waals surface area contributed by atoms with Crippen LogP contribution in [0.4, 0.5) is 0 Å². The first-order valence-corrected chi connectivity index (χ1v) is 14.5. The smallest absolute Gasteiger partial charge is 0.252 e. The van der Waals surface area contributed by atoms with E-state index in [0.717, 1.165) is 24.4 Å². The molecule has 2 aromatic rings. The van der Waals surface area contributed by atoms with Crippen LogP contribution in [0, 0.1) is 0 Å². The molecule has 1 amide bonds. The summed E-state index contributed by atoms with van der Waals surface area (Å²) in [6.45, 7) is 1.81. The second-order valence-electron chi connectivity index (χ2n) is 7.19. The van der Waals surface area contributed by atoms with Crippen molar-refractivity contribution in [1.29, 1.82) is 0 Å². The summed E-state index contributed by atoms with van der Waals surface area (Å²) < 4.78 is 52.1. The van der Waals surface area contributed by atoms with Crippen LogP contribution in [0.15, 0.2) is 69.5 Å². The Morgan fingerprint density at radius 3 is 1.41 bits per heavy atom. The zero-order valence-corrected chi connectivity index (χ0v) is 23.3. The lowest BCUT2D eigenvalue weighted by molar-refractivity contribution is -0.112. The van der Waals surface area contributed by atoms with Crippen LogP contribution in [0.5, 0.6) is 0 Å². The molecule has 0 heterocycles.